The highest BCUT2D eigenvalue weighted by Gasteiger charge is 2.51. The van der Waals surface area contributed by atoms with Crippen LogP contribution in [0.5, 0.6) is 0 Å². The summed E-state index contributed by atoms with van der Waals surface area (Å²) in [6, 6.07) is 0. The maximum Gasteiger partial charge on any atom is 0.331 e. The smallest absolute Gasteiger partial charge is 0.319 e. The number of carbonyl (C=O) groups excluding carboxylic acids is 1. The summed E-state index contributed by atoms with van der Waals surface area (Å²) in [6.07, 6.45) is 1.71. The highest BCUT2D eigenvalue weighted by molar-refractivity contribution is 5.76. The molecule has 0 bridgehead atoms. The van der Waals surface area contributed by atoms with Crippen molar-refractivity contribution in [2.24, 2.45) is 16.5 Å². The van der Waals surface area contributed by atoms with Gasteiger partial charge in [-0.1, -0.05) is 30.1 Å². The summed E-state index contributed by atoms with van der Waals surface area (Å²) < 4.78 is 0. The Morgan fingerprint density at radius 3 is 2.36 bits per heavy atom. The van der Waals surface area contributed by atoms with Gasteiger partial charge in [-0.3, -0.25) is 0 Å². The molecule has 78 valence electrons. The largest absolute Gasteiger partial charge is 0.331 e. The van der Waals surface area contributed by atoms with E-state index < -0.39 is 0 Å². The van der Waals surface area contributed by atoms with Crippen LogP contribution < -0.4 is 0 Å². The lowest BCUT2D eigenvalue weighted by atomic mass is 10.1. The number of carbonyl (C=O) groups is 1. The van der Waals surface area contributed by atoms with Crippen LogP contribution in [0.1, 0.15) is 34.6 Å². The number of rotatable bonds is 2. The van der Waals surface area contributed by atoms with Crippen LogP contribution in [0.25, 0.3) is 0 Å². The van der Waals surface area contributed by atoms with Crippen molar-refractivity contribution in [2.75, 3.05) is 0 Å². The molecule has 0 heterocycles. The van der Waals surface area contributed by atoms with Crippen molar-refractivity contribution in [3.8, 4) is 0 Å². The normalized spacial score (nSPS) is 23.8. The Morgan fingerprint density at radius 1 is 1.43 bits per heavy atom. The Hall–Kier alpha value is -1.12. The third-order valence-corrected chi connectivity index (χ3v) is 2.63. The van der Waals surface area contributed by atoms with E-state index in [0.29, 0.717) is 5.92 Å². The summed E-state index contributed by atoms with van der Waals surface area (Å²) in [7, 11) is 0. The van der Waals surface area contributed by atoms with E-state index in [1.165, 1.54) is 18.1 Å². The second kappa shape index (κ2) is 3.56. The van der Waals surface area contributed by atoms with Crippen molar-refractivity contribution in [3.63, 3.8) is 0 Å². The number of hydrogen-bond donors (Lipinski definition) is 0. The molecule has 0 radical (unpaired) electrons. The van der Waals surface area contributed by atoms with Crippen molar-refractivity contribution in [1.82, 2.24) is 0 Å². The Balaban J connectivity index is 2.63. The molecule has 0 aromatic carbocycles. The van der Waals surface area contributed by atoms with E-state index in [1.807, 2.05) is 0 Å². The predicted molar refractivity (Wildman–Crippen MR) is 55.9 cm³/mol. The van der Waals surface area contributed by atoms with Crippen LogP contribution >= 0.6 is 0 Å². The molecular formula is C11H17NO2. The lowest BCUT2D eigenvalue weighted by Crippen LogP contribution is -1.94. The predicted octanol–water partition coefficient (Wildman–Crippen LogP) is 2.53. The number of hydrogen-bond acceptors (Lipinski definition) is 3. The van der Waals surface area contributed by atoms with Gasteiger partial charge < -0.3 is 4.84 Å². The molecule has 0 aliphatic heterocycles. The van der Waals surface area contributed by atoms with Gasteiger partial charge in [-0.15, -0.1) is 0 Å². The van der Waals surface area contributed by atoms with Gasteiger partial charge in [0.05, 0.1) is 6.21 Å². The molecule has 1 rings (SSSR count). The van der Waals surface area contributed by atoms with Crippen molar-refractivity contribution in [1.29, 1.82) is 0 Å². The van der Waals surface area contributed by atoms with Crippen LogP contribution in [-0.2, 0) is 9.63 Å². The van der Waals surface area contributed by atoms with Crippen LogP contribution in [0, 0.1) is 11.3 Å². The quantitative estimate of drug-likeness (QED) is 0.294. The summed E-state index contributed by atoms with van der Waals surface area (Å²) in [6.45, 7) is 9.87. The van der Waals surface area contributed by atoms with Gasteiger partial charge in [-0.25, -0.2) is 4.79 Å². The third-order valence-electron chi connectivity index (χ3n) is 2.63. The Morgan fingerprint density at radius 2 is 2.00 bits per heavy atom. The summed E-state index contributed by atoms with van der Waals surface area (Å²) in [5.41, 5.74) is 2.91. The van der Waals surface area contributed by atoms with E-state index in [4.69, 9.17) is 0 Å². The van der Waals surface area contributed by atoms with Crippen molar-refractivity contribution in [2.45, 2.75) is 34.6 Å². The lowest BCUT2D eigenvalue weighted by Gasteiger charge is -1.94. The van der Waals surface area contributed by atoms with Gasteiger partial charge in [0.25, 0.3) is 0 Å². The molecule has 1 aliphatic rings. The fourth-order valence-electron chi connectivity index (χ4n) is 1.96. The number of nitrogens with zero attached hydrogens (tertiary/aromatic N) is 1. The topological polar surface area (TPSA) is 38.7 Å². The van der Waals surface area contributed by atoms with Gasteiger partial charge in [0, 0.05) is 12.8 Å². The fourth-order valence-corrected chi connectivity index (χ4v) is 1.96. The van der Waals surface area contributed by atoms with E-state index in [1.54, 1.807) is 6.21 Å². The van der Waals surface area contributed by atoms with E-state index in [0.717, 1.165) is 0 Å². The summed E-state index contributed by atoms with van der Waals surface area (Å²) in [5.74, 6) is -0.0506. The van der Waals surface area contributed by atoms with E-state index in [9.17, 15) is 4.79 Å². The molecule has 0 saturated heterocycles. The van der Waals surface area contributed by atoms with Crippen molar-refractivity contribution >= 4 is 12.2 Å². The molecular weight excluding hydrogens is 178 g/mol. The molecule has 0 aromatic rings. The van der Waals surface area contributed by atoms with E-state index in [-0.39, 0.29) is 11.4 Å². The molecule has 1 unspecified atom stereocenters. The summed E-state index contributed by atoms with van der Waals surface area (Å²) in [4.78, 5) is 15.0. The van der Waals surface area contributed by atoms with Gasteiger partial charge in [-0.05, 0) is 19.3 Å². The zero-order valence-corrected chi connectivity index (χ0v) is 9.42. The first-order chi connectivity index (χ1) is 6.37. The Labute approximate surface area is 84.8 Å². The van der Waals surface area contributed by atoms with Crippen molar-refractivity contribution < 1.29 is 9.63 Å². The van der Waals surface area contributed by atoms with Gasteiger partial charge in [-0.2, -0.15) is 0 Å². The summed E-state index contributed by atoms with van der Waals surface area (Å²) in [5, 5.41) is 3.65. The first-order valence-electron chi connectivity index (χ1n) is 4.76. The number of allylic oxidation sites excluding steroid dienone is 2. The molecule has 1 atom stereocenters. The zero-order valence-electron chi connectivity index (χ0n) is 9.42. The molecule has 1 aliphatic carbocycles. The molecule has 0 spiro atoms. The zero-order chi connectivity index (χ0) is 10.9. The molecule has 1 fully saturated rings. The van der Waals surface area contributed by atoms with Crippen LogP contribution in [0.15, 0.2) is 16.3 Å². The lowest BCUT2D eigenvalue weighted by molar-refractivity contribution is -0.140. The second-order valence-electron chi connectivity index (χ2n) is 4.45. The van der Waals surface area contributed by atoms with E-state index in [2.05, 4.69) is 37.7 Å². The SMILES string of the molecule is CC(=O)O/N=C/C1C(=C(C)C)C1(C)C. The van der Waals surface area contributed by atoms with Gasteiger partial charge >= 0.3 is 5.97 Å². The molecule has 0 N–H and O–H groups in total. The highest BCUT2D eigenvalue weighted by Crippen LogP contribution is 2.58. The van der Waals surface area contributed by atoms with Crippen LogP contribution in [0.3, 0.4) is 0 Å². The van der Waals surface area contributed by atoms with Gasteiger partial charge in [0.2, 0.25) is 0 Å². The average molecular weight is 195 g/mol. The average Bonchev–Trinajstić information content (AvgIpc) is 2.52. The molecule has 1 saturated carbocycles. The van der Waals surface area contributed by atoms with Gasteiger partial charge in [0.1, 0.15) is 0 Å². The Kier molecular flexibility index (Phi) is 2.79. The molecule has 0 aromatic heterocycles. The minimum atomic E-state index is -0.376. The van der Waals surface area contributed by atoms with Crippen LogP contribution in [-0.4, -0.2) is 12.2 Å². The standard InChI is InChI=1S/C11H17NO2/c1-7(2)10-9(11(10,4)5)6-12-14-8(3)13/h6,9H,1-5H3/b12-6+. The molecule has 3 nitrogen and oxygen atoms in total. The van der Waals surface area contributed by atoms with Crippen LogP contribution in [0.2, 0.25) is 0 Å². The molecule has 0 amide bonds. The minimum Gasteiger partial charge on any atom is -0.319 e. The first-order valence-corrected chi connectivity index (χ1v) is 4.76. The highest BCUT2D eigenvalue weighted by atomic mass is 16.7. The van der Waals surface area contributed by atoms with E-state index >= 15 is 0 Å². The number of oxime groups is 1. The maximum absolute atomic E-state index is 10.5. The summed E-state index contributed by atoms with van der Waals surface area (Å²) >= 11 is 0. The van der Waals surface area contributed by atoms with Crippen molar-refractivity contribution in [3.05, 3.63) is 11.1 Å². The van der Waals surface area contributed by atoms with Crippen LogP contribution in [0.4, 0.5) is 0 Å². The molecule has 3 heteroatoms. The minimum absolute atomic E-state index is 0.183. The Bertz CT molecular complexity index is 309. The second-order valence-corrected chi connectivity index (χ2v) is 4.45. The molecule has 14 heavy (non-hydrogen) atoms. The van der Waals surface area contributed by atoms with Gasteiger partial charge in [0.15, 0.2) is 0 Å². The third kappa shape index (κ3) is 2.03. The fraction of sp³-hybridized carbons (Fsp3) is 0.636. The maximum atomic E-state index is 10.5. The monoisotopic (exact) mass is 195 g/mol. The first kappa shape index (κ1) is 11.0.